The number of nitrogens with one attached hydrogen (secondary N) is 1. The first kappa shape index (κ1) is 12.9. The number of carbonyl (C=O) groups excluding carboxylic acids is 1. The lowest BCUT2D eigenvalue weighted by molar-refractivity contribution is 0.0963. The van der Waals surface area contributed by atoms with E-state index in [2.05, 4.69) is 15.4 Å². The molecule has 7 nitrogen and oxygen atoms in total. The van der Waals surface area contributed by atoms with Crippen LogP contribution in [0.25, 0.3) is 16.6 Å². The number of hydrogen-bond acceptors (Lipinski definition) is 5. The van der Waals surface area contributed by atoms with Crippen LogP contribution in [0.15, 0.2) is 36.8 Å². The van der Waals surface area contributed by atoms with Gasteiger partial charge in [0.05, 0.1) is 5.56 Å². The summed E-state index contributed by atoms with van der Waals surface area (Å²) in [4.78, 5) is 16.1. The van der Waals surface area contributed by atoms with Crippen LogP contribution in [0.2, 0.25) is 0 Å². The molecule has 7 heteroatoms. The van der Waals surface area contributed by atoms with Gasteiger partial charge in [-0.05, 0) is 17.7 Å². The van der Waals surface area contributed by atoms with Crippen LogP contribution in [-0.4, -0.2) is 27.6 Å². The van der Waals surface area contributed by atoms with Crippen molar-refractivity contribution in [1.29, 1.82) is 0 Å². The third-order valence-electron chi connectivity index (χ3n) is 3.27. The average Bonchev–Trinajstić information content (AvgIpc) is 2.88. The summed E-state index contributed by atoms with van der Waals surface area (Å²) in [7, 11) is 1.58. The Morgan fingerprint density at radius 2 is 1.95 bits per heavy atom. The molecular formula is C14H14N6O. The van der Waals surface area contributed by atoms with Gasteiger partial charge in [0.2, 0.25) is 0 Å². The zero-order valence-corrected chi connectivity index (χ0v) is 11.4. The first-order valence-electron chi connectivity index (χ1n) is 6.31. The number of nitrogens with zero attached hydrogens (tertiary/aromatic N) is 3. The number of nitrogen functional groups attached to an aromatic ring is 2. The molecule has 2 aromatic heterocycles. The Labute approximate surface area is 120 Å². The molecule has 106 valence electrons. The average molecular weight is 282 g/mol. The molecule has 0 atom stereocenters. The second-order valence-electron chi connectivity index (χ2n) is 4.56. The van der Waals surface area contributed by atoms with E-state index in [0.717, 1.165) is 5.56 Å². The number of rotatable bonds is 2. The summed E-state index contributed by atoms with van der Waals surface area (Å²) >= 11 is 0. The molecule has 1 amide bonds. The van der Waals surface area contributed by atoms with E-state index < -0.39 is 0 Å². The van der Waals surface area contributed by atoms with Gasteiger partial charge in [-0.25, -0.2) is 9.50 Å². The Bertz CT molecular complexity index is 821. The van der Waals surface area contributed by atoms with Crippen molar-refractivity contribution in [3.63, 3.8) is 0 Å². The Hall–Kier alpha value is -3.09. The normalized spacial score (nSPS) is 10.7. The van der Waals surface area contributed by atoms with Crippen LogP contribution < -0.4 is 16.8 Å². The zero-order valence-electron chi connectivity index (χ0n) is 11.4. The van der Waals surface area contributed by atoms with Gasteiger partial charge in [-0.15, -0.1) is 0 Å². The van der Waals surface area contributed by atoms with E-state index in [9.17, 15) is 4.79 Å². The van der Waals surface area contributed by atoms with Gasteiger partial charge in [-0.3, -0.25) is 4.79 Å². The van der Waals surface area contributed by atoms with Crippen molar-refractivity contribution in [2.75, 3.05) is 18.5 Å². The van der Waals surface area contributed by atoms with Crippen LogP contribution in [0, 0.1) is 0 Å². The summed E-state index contributed by atoms with van der Waals surface area (Å²) < 4.78 is 1.55. The molecule has 0 aliphatic heterocycles. The first-order valence-corrected chi connectivity index (χ1v) is 6.31. The van der Waals surface area contributed by atoms with Crippen LogP contribution in [0.1, 0.15) is 10.4 Å². The summed E-state index contributed by atoms with van der Waals surface area (Å²) in [5, 5.41) is 6.72. The third-order valence-corrected chi connectivity index (χ3v) is 3.27. The minimum Gasteiger partial charge on any atom is -0.399 e. The quantitative estimate of drug-likeness (QED) is 0.605. The number of anilines is 2. The van der Waals surface area contributed by atoms with Gasteiger partial charge in [-0.1, -0.05) is 12.1 Å². The van der Waals surface area contributed by atoms with E-state index in [1.54, 1.807) is 29.9 Å². The van der Waals surface area contributed by atoms with Gasteiger partial charge in [0.1, 0.15) is 11.8 Å². The minimum absolute atomic E-state index is 0.216. The third kappa shape index (κ3) is 2.04. The molecule has 2 heterocycles. The molecule has 0 unspecified atom stereocenters. The Morgan fingerprint density at radius 3 is 2.62 bits per heavy atom. The maximum Gasteiger partial charge on any atom is 0.253 e. The molecule has 3 aromatic rings. The lowest BCUT2D eigenvalue weighted by Crippen LogP contribution is -2.17. The number of nitrogens with two attached hydrogens (primary N) is 2. The lowest BCUT2D eigenvalue weighted by atomic mass is 10.0. The Kier molecular flexibility index (Phi) is 2.94. The molecule has 0 bridgehead atoms. The molecule has 5 N–H and O–H groups in total. The largest absolute Gasteiger partial charge is 0.399 e. The fraction of sp³-hybridized carbons (Fsp3) is 0.0714. The number of amides is 1. The molecule has 0 spiro atoms. The highest BCUT2D eigenvalue weighted by atomic mass is 16.1. The van der Waals surface area contributed by atoms with Gasteiger partial charge >= 0.3 is 0 Å². The van der Waals surface area contributed by atoms with Crippen molar-refractivity contribution >= 4 is 22.9 Å². The SMILES string of the molecule is CNC(=O)c1cn2ncnc(N)c2c1-c1ccc(N)cc1. The Morgan fingerprint density at radius 1 is 1.24 bits per heavy atom. The standard InChI is InChI=1S/C14H14N6O/c1-17-14(21)10-6-20-12(13(16)18-7-19-20)11(10)8-2-4-9(15)5-3-8/h2-7H,15H2,1H3,(H,17,21)(H2,16,18,19). The molecule has 0 aliphatic rings. The van der Waals surface area contributed by atoms with Crippen molar-refractivity contribution in [2.24, 2.45) is 0 Å². The predicted octanol–water partition coefficient (Wildman–Crippen LogP) is 0.920. The molecule has 0 radical (unpaired) electrons. The molecule has 1 aromatic carbocycles. The molecule has 0 aliphatic carbocycles. The monoisotopic (exact) mass is 282 g/mol. The maximum absolute atomic E-state index is 12.1. The van der Waals surface area contributed by atoms with E-state index in [4.69, 9.17) is 11.5 Å². The molecular weight excluding hydrogens is 268 g/mol. The van der Waals surface area contributed by atoms with Crippen molar-refractivity contribution in [1.82, 2.24) is 19.9 Å². The van der Waals surface area contributed by atoms with Gasteiger partial charge in [0.25, 0.3) is 5.91 Å². The van der Waals surface area contributed by atoms with Gasteiger partial charge in [0.15, 0.2) is 5.82 Å². The van der Waals surface area contributed by atoms with Crippen molar-refractivity contribution in [3.05, 3.63) is 42.4 Å². The topological polar surface area (TPSA) is 111 Å². The van der Waals surface area contributed by atoms with Gasteiger partial charge in [-0.2, -0.15) is 5.10 Å². The molecule has 0 fully saturated rings. The van der Waals surface area contributed by atoms with E-state index in [0.29, 0.717) is 28.1 Å². The Balaban J connectivity index is 2.37. The maximum atomic E-state index is 12.1. The number of hydrogen-bond donors (Lipinski definition) is 3. The highest BCUT2D eigenvalue weighted by Crippen LogP contribution is 2.32. The molecule has 3 rings (SSSR count). The fourth-order valence-corrected chi connectivity index (χ4v) is 2.28. The second-order valence-corrected chi connectivity index (χ2v) is 4.56. The summed E-state index contributed by atoms with van der Waals surface area (Å²) in [5.74, 6) is 0.0960. The smallest absolute Gasteiger partial charge is 0.253 e. The molecule has 21 heavy (non-hydrogen) atoms. The second kappa shape index (κ2) is 4.78. The summed E-state index contributed by atoms with van der Waals surface area (Å²) in [6, 6.07) is 7.21. The first-order chi connectivity index (χ1) is 10.1. The number of carbonyl (C=O) groups is 1. The minimum atomic E-state index is -0.216. The number of fused-ring (bicyclic) bond motifs is 1. The van der Waals surface area contributed by atoms with Crippen molar-refractivity contribution in [2.45, 2.75) is 0 Å². The highest BCUT2D eigenvalue weighted by molar-refractivity contribution is 6.07. The predicted molar refractivity (Wildman–Crippen MR) is 80.6 cm³/mol. The van der Waals surface area contributed by atoms with Crippen molar-refractivity contribution < 1.29 is 4.79 Å². The molecule has 0 saturated carbocycles. The highest BCUT2D eigenvalue weighted by Gasteiger charge is 2.20. The van der Waals surface area contributed by atoms with Crippen LogP contribution >= 0.6 is 0 Å². The van der Waals surface area contributed by atoms with Crippen LogP contribution in [0.5, 0.6) is 0 Å². The van der Waals surface area contributed by atoms with Crippen molar-refractivity contribution in [3.8, 4) is 11.1 Å². The number of aromatic nitrogens is 3. The van der Waals surface area contributed by atoms with Gasteiger partial charge < -0.3 is 16.8 Å². The molecule has 0 saturated heterocycles. The summed E-state index contributed by atoms with van der Waals surface area (Å²) in [5.41, 5.74) is 14.9. The van der Waals surface area contributed by atoms with E-state index in [1.165, 1.54) is 6.33 Å². The van der Waals surface area contributed by atoms with E-state index >= 15 is 0 Å². The summed E-state index contributed by atoms with van der Waals surface area (Å²) in [6.45, 7) is 0. The zero-order chi connectivity index (χ0) is 15.0. The van der Waals surface area contributed by atoms with Crippen LogP contribution in [-0.2, 0) is 0 Å². The number of benzene rings is 1. The van der Waals surface area contributed by atoms with Gasteiger partial charge in [0, 0.05) is 24.5 Å². The lowest BCUT2D eigenvalue weighted by Gasteiger charge is -2.06. The van der Waals surface area contributed by atoms with Crippen LogP contribution in [0.4, 0.5) is 11.5 Å². The van der Waals surface area contributed by atoms with Crippen LogP contribution in [0.3, 0.4) is 0 Å². The fourth-order valence-electron chi connectivity index (χ4n) is 2.28. The summed E-state index contributed by atoms with van der Waals surface area (Å²) in [6.07, 6.45) is 2.99. The van der Waals surface area contributed by atoms with E-state index in [1.807, 2.05) is 12.1 Å². The van der Waals surface area contributed by atoms with E-state index in [-0.39, 0.29) is 5.91 Å².